The minimum Gasteiger partial charge on any atom is -0.493 e. The maximum Gasteiger partial charge on any atom is 0.241 e. The van der Waals surface area contributed by atoms with Gasteiger partial charge in [0.05, 0.1) is 7.11 Å². The lowest BCUT2D eigenvalue weighted by Crippen LogP contribution is -2.05. The predicted molar refractivity (Wildman–Crippen MR) is 92.0 cm³/mol. The Balaban J connectivity index is 2.28. The van der Waals surface area contributed by atoms with E-state index in [0.717, 1.165) is 5.56 Å². The lowest BCUT2D eigenvalue weighted by molar-refractivity contribution is -0.113. The molecule has 0 aromatic heterocycles. The summed E-state index contributed by atoms with van der Waals surface area (Å²) in [4.78, 5) is 10.9. The summed E-state index contributed by atoms with van der Waals surface area (Å²) >= 11 is 12.0. The normalized spacial score (nSPS) is 10.7. The number of nitrogens with two attached hydrogens (primary N) is 1. The Hall–Kier alpha value is -2.17. The zero-order chi connectivity index (χ0) is 16.8. The number of primary amides is 1. The van der Waals surface area contributed by atoms with Gasteiger partial charge in [-0.25, -0.2) is 0 Å². The highest BCUT2D eigenvalue weighted by molar-refractivity contribution is 6.35. The topological polar surface area (TPSA) is 61.5 Å². The fraction of sp³-hybridized carbons (Fsp3) is 0.118. The standard InChI is InChI=1S/C17H15Cl2NO3/c1-22-15-4-2-3-11(6-8-16(20)21)17(15)23-10-12-5-7-13(18)9-14(12)19/h2-9H,10H2,1H3,(H2,20,21)/b8-6+. The second-order valence-electron chi connectivity index (χ2n) is 4.64. The van der Waals surface area contributed by atoms with Crippen molar-refractivity contribution in [2.45, 2.75) is 6.61 Å². The highest BCUT2D eigenvalue weighted by Crippen LogP contribution is 2.33. The molecule has 0 saturated heterocycles. The Morgan fingerprint density at radius 3 is 2.70 bits per heavy atom. The number of methoxy groups -OCH3 is 1. The van der Waals surface area contributed by atoms with Gasteiger partial charge in [0.2, 0.25) is 5.91 Å². The largest absolute Gasteiger partial charge is 0.493 e. The molecule has 0 unspecified atom stereocenters. The number of carbonyl (C=O) groups is 1. The smallest absolute Gasteiger partial charge is 0.241 e. The van der Waals surface area contributed by atoms with Crippen LogP contribution in [0.4, 0.5) is 0 Å². The van der Waals surface area contributed by atoms with Gasteiger partial charge in [-0.2, -0.15) is 0 Å². The molecule has 0 radical (unpaired) electrons. The SMILES string of the molecule is COc1cccc(/C=C/C(N)=O)c1OCc1ccc(Cl)cc1Cl. The second-order valence-corrected chi connectivity index (χ2v) is 5.48. The summed E-state index contributed by atoms with van der Waals surface area (Å²) in [6.45, 7) is 0.230. The Morgan fingerprint density at radius 2 is 2.04 bits per heavy atom. The summed E-state index contributed by atoms with van der Waals surface area (Å²) < 4.78 is 11.1. The van der Waals surface area contributed by atoms with Crippen molar-refractivity contribution in [2.24, 2.45) is 5.73 Å². The Bertz CT molecular complexity index is 745. The van der Waals surface area contributed by atoms with Gasteiger partial charge >= 0.3 is 0 Å². The van der Waals surface area contributed by atoms with Crippen molar-refractivity contribution in [3.8, 4) is 11.5 Å². The summed E-state index contributed by atoms with van der Waals surface area (Å²) in [5, 5.41) is 1.07. The monoisotopic (exact) mass is 351 g/mol. The molecule has 0 fully saturated rings. The van der Waals surface area contributed by atoms with Crippen LogP contribution in [0.3, 0.4) is 0 Å². The number of ether oxygens (including phenoxy) is 2. The van der Waals surface area contributed by atoms with Crippen LogP contribution in [0.1, 0.15) is 11.1 Å². The van der Waals surface area contributed by atoms with Gasteiger partial charge in [-0.15, -0.1) is 0 Å². The Kier molecular flexibility index (Phi) is 5.90. The molecule has 23 heavy (non-hydrogen) atoms. The van der Waals surface area contributed by atoms with Gasteiger partial charge < -0.3 is 15.2 Å². The van der Waals surface area contributed by atoms with E-state index in [0.29, 0.717) is 27.1 Å². The van der Waals surface area contributed by atoms with E-state index in [-0.39, 0.29) is 6.61 Å². The molecule has 4 nitrogen and oxygen atoms in total. The number of amides is 1. The van der Waals surface area contributed by atoms with Gasteiger partial charge in [0, 0.05) is 27.2 Å². The predicted octanol–water partition coefficient (Wildman–Crippen LogP) is 4.08. The van der Waals surface area contributed by atoms with Crippen LogP contribution in [0, 0.1) is 0 Å². The van der Waals surface area contributed by atoms with Crippen LogP contribution in [0.2, 0.25) is 10.0 Å². The van der Waals surface area contributed by atoms with E-state index in [1.54, 1.807) is 49.6 Å². The van der Waals surface area contributed by atoms with E-state index < -0.39 is 5.91 Å². The first-order valence-corrected chi connectivity index (χ1v) is 7.48. The van der Waals surface area contributed by atoms with Crippen molar-refractivity contribution in [3.05, 3.63) is 63.6 Å². The van der Waals surface area contributed by atoms with Gasteiger partial charge in [0.15, 0.2) is 11.5 Å². The molecule has 0 aliphatic rings. The first kappa shape index (κ1) is 17.2. The van der Waals surface area contributed by atoms with E-state index in [9.17, 15) is 4.79 Å². The molecular weight excluding hydrogens is 337 g/mol. The molecule has 2 aromatic rings. The molecule has 0 aliphatic heterocycles. The van der Waals surface area contributed by atoms with E-state index in [1.165, 1.54) is 6.08 Å². The lowest BCUT2D eigenvalue weighted by Gasteiger charge is -2.14. The average Bonchev–Trinajstić information content (AvgIpc) is 2.52. The van der Waals surface area contributed by atoms with Crippen molar-refractivity contribution in [1.82, 2.24) is 0 Å². The average molecular weight is 352 g/mol. The summed E-state index contributed by atoms with van der Waals surface area (Å²) in [5.41, 5.74) is 6.59. The highest BCUT2D eigenvalue weighted by atomic mass is 35.5. The lowest BCUT2D eigenvalue weighted by atomic mass is 10.1. The van der Waals surface area contributed by atoms with Gasteiger partial charge in [-0.1, -0.05) is 41.4 Å². The van der Waals surface area contributed by atoms with Gasteiger partial charge in [-0.05, 0) is 24.3 Å². The molecule has 2 N–H and O–H groups in total. The zero-order valence-electron chi connectivity index (χ0n) is 12.4. The highest BCUT2D eigenvalue weighted by Gasteiger charge is 2.10. The van der Waals surface area contributed by atoms with E-state index in [2.05, 4.69) is 0 Å². The molecule has 0 spiro atoms. The quantitative estimate of drug-likeness (QED) is 0.797. The number of hydrogen-bond donors (Lipinski definition) is 1. The Labute approximate surface area is 144 Å². The summed E-state index contributed by atoms with van der Waals surface area (Å²) in [7, 11) is 1.54. The maximum absolute atomic E-state index is 10.9. The van der Waals surface area contributed by atoms with Crippen molar-refractivity contribution in [1.29, 1.82) is 0 Å². The molecular formula is C17H15Cl2NO3. The maximum atomic E-state index is 10.9. The minimum atomic E-state index is -0.542. The molecule has 2 aromatic carbocycles. The van der Waals surface area contributed by atoms with Crippen LogP contribution in [0.25, 0.3) is 6.08 Å². The van der Waals surface area contributed by atoms with Crippen LogP contribution in [-0.4, -0.2) is 13.0 Å². The number of hydrogen-bond acceptors (Lipinski definition) is 3. The molecule has 1 amide bonds. The third-order valence-electron chi connectivity index (χ3n) is 3.04. The summed E-state index contributed by atoms with van der Waals surface area (Å²) in [6.07, 6.45) is 2.83. The molecule has 0 heterocycles. The molecule has 120 valence electrons. The molecule has 0 bridgehead atoms. The summed E-state index contributed by atoms with van der Waals surface area (Å²) in [6, 6.07) is 10.5. The minimum absolute atomic E-state index is 0.230. The number of para-hydroxylation sites is 1. The number of carbonyl (C=O) groups excluding carboxylic acids is 1. The molecule has 6 heteroatoms. The van der Waals surface area contributed by atoms with E-state index >= 15 is 0 Å². The van der Waals surface area contributed by atoms with E-state index in [1.807, 2.05) is 0 Å². The third-order valence-corrected chi connectivity index (χ3v) is 3.63. The van der Waals surface area contributed by atoms with Gasteiger partial charge in [0.25, 0.3) is 0 Å². The van der Waals surface area contributed by atoms with Crippen molar-refractivity contribution >= 4 is 35.2 Å². The van der Waals surface area contributed by atoms with Crippen LogP contribution in [0.15, 0.2) is 42.5 Å². The van der Waals surface area contributed by atoms with Crippen molar-refractivity contribution in [3.63, 3.8) is 0 Å². The molecule has 2 rings (SSSR count). The van der Waals surface area contributed by atoms with Crippen LogP contribution in [-0.2, 0) is 11.4 Å². The van der Waals surface area contributed by atoms with Crippen molar-refractivity contribution in [2.75, 3.05) is 7.11 Å². The van der Waals surface area contributed by atoms with Crippen LogP contribution >= 0.6 is 23.2 Å². The van der Waals surface area contributed by atoms with E-state index in [4.69, 9.17) is 38.4 Å². The van der Waals surface area contributed by atoms with Gasteiger partial charge in [-0.3, -0.25) is 4.79 Å². The molecule has 0 saturated carbocycles. The fourth-order valence-electron chi connectivity index (χ4n) is 1.94. The fourth-order valence-corrected chi connectivity index (χ4v) is 2.40. The number of benzene rings is 2. The van der Waals surface area contributed by atoms with Gasteiger partial charge in [0.1, 0.15) is 6.61 Å². The number of rotatable bonds is 6. The van der Waals surface area contributed by atoms with Crippen LogP contribution < -0.4 is 15.2 Å². The zero-order valence-corrected chi connectivity index (χ0v) is 13.9. The molecule has 0 aliphatic carbocycles. The van der Waals surface area contributed by atoms with Crippen molar-refractivity contribution < 1.29 is 14.3 Å². The first-order valence-electron chi connectivity index (χ1n) is 6.72. The first-order chi connectivity index (χ1) is 11.0. The third kappa shape index (κ3) is 4.65. The number of halogens is 2. The second kappa shape index (κ2) is 7.90. The summed E-state index contributed by atoms with van der Waals surface area (Å²) in [5.74, 6) is 0.500. The Morgan fingerprint density at radius 1 is 1.26 bits per heavy atom. The van der Waals surface area contributed by atoms with Crippen LogP contribution in [0.5, 0.6) is 11.5 Å². The molecule has 0 atom stereocenters.